The summed E-state index contributed by atoms with van der Waals surface area (Å²) in [4.78, 5) is 28.5. The number of carbonyl (C=O) groups is 1. The summed E-state index contributed by atoms with van der Waals surface area (Å²) in [6.07, 6.45) is 0.0653. The maximum absolute atomic E-state index is 12.5. The summed E-state index contributed by atoms with van der Waals surface area (Å²) < 4.78 is 28.4. The first-order valence-electron chi connectivity index (χ1n) is 9.07. The number of nitrogens with zero attached hydrogens (tertiary/aromatic N) is 2. The predicted molar refractivity (Wildman–Crippen MR) is 110 cm³/mol. The van der Waals surface area contributed by atoms with Gasteiger partial charge >= 0.3 is 0 Å². The van der Waals surface area contributed by atoms with Crippen molar-refractivity contribution in [3.8, 4) is 0 Å². The molecule has 3 rings (SSSR count). The molecule has 0 aliphatic heterocycles. The van der Waals surface area contributed by atoms with E-state index in [1.807, 2.05) is 6.92 Å². The van der Waals surface area contributed by atoms with Crippen molar-refractivity contribution in [2.75, 3.05) is 5.32 Å². The van der Waals surface area contributed by atoms with Crippen molar-refractivity contribution in [3.63, 3.8) is 0 Å². The van der Waals surface area contributed by atoms with E-state index in [1.165, 1.54) is 30.3 Å². The molecule has 0 fully saturated rings. The quantitative estimate of drug-likeness (QED) is 0.561. The SMILES string of the molecule is Cc1nc2cc(=O)[nH]n2c(C)c1CC(=O)Nc1ccc(S(=O)(=O)NC(C)C)cc1. The Morgan fingerprint density at radius 3 is 2.48 bits per heavy atom. The number of carbonyl (C=O) groups excluding carboxylic acids is 1. The first-order chi connectivity index (χ1) is 13.6. The van der Waals surface area contributed by atoms with Gasteiger partial charge in [0.05, 0.1) is 11.3 Å². The number of hydrogen-bond donors (Lipinski definition) is 3. The van der Waals surface area contributed by atoms with Crippen molar-refractivity contribution >= 4 is 27.3 Å². The lowest BCUT2D eigenvalue weighted by Crippen LogP contribution is -2.30. The molecule has 3 N–H and O–H groups in total. The van der Waals surface area contributed by atoms with Gasteiger partial charge in [0.25, 0.3) is 5.56 Å². The van der Waals surface area contributed by atoms with E-state index in [-0.39, 0.29) is 28.8 Å². The Hall–Kier alpha value is -2.98. The van der Waals surface area contributed by atoms with E-state index >= 15 is 0 Å². The minimum absolute atomic E-state index is 0.0653. The van der Waals surface area contributed by atoms with E-state index in [0.29, 0.717) is 22.6 Å². The summed E-state index contributed by atoms with van der Waals surface area (Å²) in [5, 5.41) is 5.41. The van der Waals surface area contributed by atoms with Crippen LogP contribution in [0.5, 0.6) is 0 Å². The fraction of sp³-hybridized carbons (Fsp3) is 0.316. The van der Waals surface area contributed by atoms with E-state index in [2.05, 4.69) is 20.1 Å². The van der Waals surface area contributed by atoms with Gasteiger partial charge in [0.1, 0.15) is 0 Å². The third kappa shape index (κ3) is 4.54. The summed E-state index contributed by atoms with van der Waals surface area (Å²) >= 11 is 0. The average Bonchev–Trinajstić information content (AvgIpc) is 2.98. The molecule has 0 aliphatic rings. The van der Waals surface area contributed by atoms with Gasteiger partial charge < -0.3 is 5.32 Å². The van der Waals surface area contributed by atoms with Crippen molar-refractivity contribution in [1.82, 2.24) is 19.3 Å². The molecule has 0 radical (unpaired) electrons. The van der Waals surface area contributed by atoms with Crippen molar-refractivity contribution < 1.29 is 13.2 Å². The zero-order valence-corrected chi connectivity index (χ0v) is 17.4. The Balaban J connectivity index is 1.76. The fourth-order valence-corrected chi connectivity index (χ4v) is 4.32. The molecule has 0 saturated carbocycles. The van der Waals surface area contributed by atoms with Crippen LogP contribution in [0.4, 0.5) is 5.69 Å². The highest BCUT2D eigenvalue weighted by Crippen LogP contribution is 2.17. The molecular weight excluding hydrogens is 394 g/mol. The number of H-pyrrole nitrogens is 1. The van der Waals surface area contributed by atoms with Crippen LogP contribution < -0.4 is 15.6 Å². The number of amides is 1. The first-order valence-corrected chi connectivity index (χ1v) is 10.6. The number of rotatable bonds is 6. The Morgan fingerprint density at radius 2 is 1.86 bits per heavy atom. The maximum atomic E-state index is 12.5. The zero-order valence-electron chi connectivity index (χ0n) is 16.6. The fourth-order valence-electron chi connectivity index (χ4n) is 3.07. The van der Waals surface area contributed by atoms with E-state index < -0.39 is 10.0 Å². The maximum Gasteiger partial charge on any atom is 0.266 e. The molecule has 1 amide bonds. The molecule has 10 heteroatoms. The topological polar surface area (TPSA) is 125 Å². The van der Waals surface area contributed by atoms with Crippen LogP contribution in [0.2, 0.25) is 0 Å². The van der Waals surface area contributed by atoms with Crippen LogP contribution in [0.25, 0.3) is 5.65 Å². The molecule has 0 atom stereocenters. The molecule has 0 bridgehead atoms. The number of aromatic amines is 1. The van der Waals surface area contributed by atoms with Gasteiger partial charge in [-0.05, 0) is 52.0 Å². The normalized spacial score (nSPS) is 11.9. The van der Waals surface area contributed by atoms with Crippen LogP contribution in [-0.2, 0) is 21.2 Å². The molecule has 0 aliphatic carbocycles. The van der Waals surface area contributed by atoms with Crippen molar-refractivity contribution in [1.29, 1.82) is 0 Å². The summed E-state index contributed by atoms with van der Waals surface area (Å²) in [5.41, 5.74) is 2.83. The van der Waals surface area contributed by atoms with Crippen molar-refractivity contribution in [3.05, 3.63) is 57.6 Å². The summed E-state index contributed by atoms with van der Waals surface area (Å²) in [6, 6.07) is 7.14. The van der Waals surface area contributed by atoms with Crippen LogP contribution in [0.3, 0.4) is 0 Å². The Bertz CT molecular complexity index is 1220. The third-order valence-electron chi connectivity index (χ3n) is 4.38. The second-order valence-electron chi connectivity index (χ2n) is 7.10. The summed E-state index contributed by atoms with van der Waals surface area (Å²) in [5.74, 6) is -0.275. The minimum Gasteiger partial charge on any atom is -0.326 e. The van der Waals surface area contributed by atoms with Crippen LogP contribution in [0, 0.1) is 13.8 Å². The molecule has 2 heterocycles. The molecule has 0 unspecified atom stereocenters. The standard InChI is InChI=1S/C19H23N5O4S/c1-11(2)23-29(27,28)15-7-5-14(6-8-15)21-18(25)9-16-12(3)20-17-10-19(26)22-24(17)13(16)4/h5-8,10-11,23H,9H2,1-4H3,(H,21,25)(H,22,26). The first kappa shape index (κ1) is 20.7. The number of aromatic nitrogens is 3. The van der Waals surface area contributed by atoms with Gasteiger partial charge in [0.15, 0.2) is 5.65 Å². The average molecular weight is 417 g/mol. The minimum atomic E-state index is -3.59. The van der Waals surface area contributed by atoms with Gasteiger partial charge in [-0.1, -0.05) is 0 Å². The van der Waals surface area contributed by atoms with Gasteiger partial charge in [-0.3, -0.25) is 14.7 Å². The van der Waals surface area contributed by atoms with E-state index in [1.54, 1.807) is 25.3 Å². The van der Waals surface area contributed by atoms with Crippen LogP contribution in [0.15, 0.2) is 40.0 Å². The highest BCUT2D eigenvalue weighted by molar-refractivity contribution is 7.89. The molecule has 0 saturated heterocycles. The second-order valence-corrected chi connectivity index (χ2v) is 8.81. The van der Waals surface area contributed by atoms with Crippen LogP contribution in [-0.4, -0.2) is 35.0 Å². The second kappa shape index (κ2) is 7.80. The monoisotopic (exact) mass is 417 g/mol. The van der Waals surface area contributed by atoms with E-state index in [4.69, 9.17) is 0 Å². The number of hydrogen-bond acceptors (Lipinski definition) is 5. The summed E-state index contributed by atoms with van der Waals surface area (Å²) in [6.45, 7) is 7.08. The molecule has 154 valence electrons. The lowest BCUT2D eigenvalue weighted by Gasteiger charge is -2.12. The third-order valence-corrected chi connectivity index (χ3v) is 6.05. The lowest BCUT2D eigenvalue weighted by molar-refractivity contribution is -0.115. The highest BCUT2D eigenvalue weighted by atomic mass is 32.2. The number of anilines is 1. The van der Waals surface area contributed by atoms with Crippen LogP contribution >= 0.6 is 0 Å². The molecule has 0 spiro atoms. The number of sulfonamides is 1. The molecule has 9 nitrogen and oxygen atoms in total. The van der Waals surface area contributed by atoms with Gasteiger partial charge in [-0.15, -0.1) is 0 Å². The molecule has 29 heavy (non-hydrogen) atoms. The van der Waals surface area contributed by atoms with Crippen LogP contribution in [0.1, 0.15) is 30.8 Å². The molecule has 3 aromatic rings. The number of fused-ring (bicyclic) bond motifs is 1. The van der Waals surface area contributed by atoms with Gasteiger partial charge in [0.2, 0.25) is 15.9 Å². The van der Waals surface area contributed by atoms with Gasteiger partial charge in [-0.2, -0.15) is 0 Å². The summed E-state index contributed by atoms with van der Waals surface area (Å²) in [7, 11) is -3.59. The molecular formula is C19H23N5O4S. The predicted octanol–water partition coefficient (Wildman–Crippen LogP) is 1.51. The number of nitrogens with one attached hydrogen (secondary N) is 3. The van der Waals surface area contributed by atoms with Crippen molar-refractivity contribution in [2.24, 2.45) is 0 Å². The Morgan fingerprint density at radius 1 is 1.21 bits per heavy atom. The van der Waals surface area contributed by atoms with E-state index in [0.717, 1.165) is 5.69 Å². The molecule has 1 aromatic carbocycles. The largest absolute Gasteiger partial charge is 0.326 e. The van der Waals surface area contributed by atoms with Gasteiger partial charge in [-0.25, -0.2) is 22.6 Å². The lowest BCUT2D eigenvalue weighted by atomic mass is 10.1. The molecule has 2 aromatic heterocycles. The number of benzene rings is 1. The Kier molecular flexibility index (Phi) is 5.58. The van der Waals surface area contributed by atoms with Crippen molar-refractivity contribution in [2.45, 2.75) is 45.1 Å². The zero-order chi connectivity index (χ0) is 21.3. The van der Waals surface area contributed by atoms with Gasteiger partial charge in [0, 0.05) is 34.7 Å². The number of aryl methyl sites for hydroxylation is 2. The van der Waals surface area contributed by atoms with E-state index in [9.17, 15) is 18.0 Å². The highest BCUT2D eigenvalue weighted by Gasteiger charge is 2.17. The smallest absolute Gasteiger partial charge is 0.266 e. The Labute approximate surface area is 168 Å².